The summed E-state index contributed by atoms with van der Waals surface area (Å²) in [5.41, 5.74) is 9.07. The predicted octanol–water partition coefficient (Wildman–Crippen LogP) is 12.3. The van der Waals surface area contributed by atoms with Crippen molar-refractivity contribution < 1.29 is 49.1 Å². The summed E-state index contributed by atoms with van der Waals surface area (Å²) in [5, 5.41) is 48.1. The molecule has 8 rings (SSSR count). The van der Waals surface area contributed by atoms with E-state index in [2.05, 4.69) is 0 Å². The molecule has 11 heteroatoms. The van der Waals surface area contributed by atoms with Crippen LogP contribution in [-0.4, -0.2) is 50.7 Å². The van der Waals surface area contributed by atoms with Gasteiger partial charge < -0.3 is 25.5 Å². The summed E-state index contributed by atoms with van der Waals surface area (Å²) in [4.78, 5) is 42.1. The fourth-order valence-electron chi connectivity index (χ4n) is 6.01. The van der Waals surface area contributed by atoms with Gasteiger partial charge in [0.2, 0.25) is 0 Å². The lowest BCUT2D eigenvalue weighted by Gasteiger charge is -2.04. The molecule has 8 aromatic carbocycles. The highest BCUT2D eigenvalue weighted by atomic mass is 35.5. The molecule has 0 radical (unpaired) electrons. The summed E-state index contributed by atoms with van der Waals surface area (Å²) in [6.45, 7) is 2.02. The summed E-state index contributed by atoms with van der Waals surface area (Å²) < 4.78 is 12.7. The van der Waals surface area contributed by atoms with Crippen molar-refractivity contribution in [2.24, 2.45) is 0 Å². The number of aromatic hydroxyl groups is 5. The van der Waals surface area contributed by atoms with Gasteiger partial charge in [-0.3, -0.25) is 19.2 Å². The molecule has 0 bridgehead atoms. The minimum atomic E-state index is -0.308. The molecule has 0 atom stereocenters. The molecule has 0 spiro atoms. The van der Waals surface area contributed by atoms with E-state index in [9.17, 15) is 49.1 Å². The van der Waals surface area contributed by atoms with Crippen LogP contribution in [0.2, 0.25) is 5.02 Å². The molecule has 0 fully saturated rings. The first-order chi connectivity index (χ1) is 30.8. The summed E-state index contributed by atoms with van der Waals surface area (Å²) in [5.74, 6) is -0.267. The Morgan fingerprint density at radius 2 is 0.672 bits per heavy atom. The second-order valence-corrected chi connectivity index (χ2v) is 14.4. The van der Waals surface area contributed by atoms with Gasteiger partial charge in [0.1, 0.15) is 34.6 Å². The Labute approximate surface area is 373 Å². The number of hydrogen-bond acceptors (Lipinski definition) is 9. The third kappa shape index (κ3) is 12.8. The zero-order valence-electron chi connectivity index (χ0n) is 34.1. The number of aldehydes is 4. The van der Waals surface area contributed by atoms with E-state index in [1.165, 1.54) is 35.9 Å². The number of carbonyl (C=O) groups is 4. The highest BCUT2D eigenvalue weighted by Gasteiger charge is 2.07. The third-order valence-corrected chi connectivity index (χ3v) is 9.80. The van der Waals surface area contributed by atoms with Gasteiger partial charge in [-0.05, 0) is 136 Å². The Hall–Kier alpha value is -8.34. The van der Waals surface area contributed by atoms with E-state index in [0.717, 1.165) is 44.5 Å². The van der Waals surface area contributed by atoms with E-state index in [1.807, 2.05) is 55.5 Å². The lowest BCUT2D eigenvalue weighted by molar-refractivity contribution is 0.111. The van der Waals surface area contributed by atoms with Crippen molar-refractivity contribution in [1.29, 1.82) is 0 Å². The van der Waals surface area contributed by atoms with Crippen molar-refractivity contribution in [2.75, 3.05) is 0 Å². The molecule has 5 N–H and O–H groups in total. The average molecular weight is 875 g/mol. The fourth-order valence-corrected chi connectivity index (χ4v) is 6.13. The van der Waals surface area contributed by atoms with E-state index in [4.69, 9.17) is 11.6 Å². The quantitative estimate of drug-likeness (QED) is 0.0933. The van der Waals surface area contributed by atoms with Crippen LogP contribution in [-0.2, 0) is 0 Å². The first-order valence-electron chi connectivity index (χ1n) is 19.3. The largest absolute Gasteiger partial charge is 0.508 e. The first kappa shape index (κ1) is 46.7. The van der Waals surface area contributed by atoms with Crippen LogP contribution in [0.25, 0.3) is 44.5 Å². The Kier molecular flexibility index (Phi) is 16.4. The van der Waals surface area contributed by atoms with Crippen LogP contribution in [0.4, 0.5) is 4.39 Å². The highest BCUT2D eigenvalue weighted by Crippen LogP contribution is 2.30. The van der Waals surface area contributed by atoms with Crippen LogP contribution in [0.5, 0.6) is 28.7 Å². The monoisotopic (exact) mass is 874 g/mol. The minimum absolute atomic E-state index is 0.0116. The van der Waals surface area contributed by atoms with Gasteiger partial charge >= 0.3 is 0 Å². The van der Waals surface area contributed by atoms with E-state index >= 15 is 0 Å². The molecule has 8 aromatic rings. The predicted molar refractivity (Wildman–Crippen MR) is 247 cm³/mol. The summed E-state index contributed by atoms with van der Waals surface area (Å²) in [6.07, 6.45) is 2.46. The minimum Gasteiger partial charge on any atom is -0.508 e. The standard InChI is InChI=1S/C14H12O2.C13H9ClO2.C13H9FO2.C13H10O3/c1-10-2-4-11(5-3-10)12-6-7-13(9-15)14(16)8-12;2*14-12-5-3-9(4-6-12)10-1-2-11(8-15)13(16)7-10;14-8-11-5-4-10(7-13(11)16)9-2-1-3-12(15)6-9/h2-9,16H,1H3;2*1-8,16H;1-8,15-16H. The lowest BCUT2D eigenvalue weighted by atomic mass is 10.0. The smallest absolute Gasteiger partial charge is 0.153 e. The molecule has 64 heavy (non-hydrogen) atoms. The maximum absolute atomic E-state index is 12.7. The molecule has 0 saturated heterocycles. The number of hydrogen-bond donors (Lipinski definition) is 5. The van der Waals surface area contributed by atoms with Gasteiger partial charge in [-0.2, -0.15) is 0 Å². The van der Waals surface area contributed by atoms with Crippen molar-refractivity contribution in [3.05, 3.63) is 209 Å². The normalized spacial score (nSPS) is 10.0. The zero-order valence-corrected chi connectivity index (χ0v) is 34.9. The third-order valence-electron chi connectivity index (χ3n) is 9.55. The van der Waals surface area contributed by atoms with Gasteiger partial charge in [-0.1, -0.05) is 102 Å². The molecule has 0 aliphatic carbocycles. The molecular weight excluding hydrogens is 835 g/mol. The number of phenolic OH excluding ortho intramolecular Hbond substituents is 5. The number of benzene rings is 8. The Morgan fingerprint density at radius 3 is 1.00 bits per heavy atom. The van der Waals surface area contributed by atoms with E-state index in [-0.39, 0.29) is 51.3 Å². The number of rotatable bonds is 8. The van der Waals surface area contributed by atoms with Gasteiger partial charge in [-0.15, -0.1) is 0 Å². The molecule has 0 aliphatic rings. The van der Waals surface area contributed by atoms with Crippen molar-refractivity contribution in [1.82, 2.24) is 0 Å². The lowest BCUT2D eigenvalue weighted by Crippen LogP contribution is -1.83. The summed E-state index contributed by atoms with van der Waals surface area (Å²) >= 11 is 5.78. The molecule has 0 unspecified atom stereocenters. The van der Waals surface area contributed by atoms with Gasteiger partial charge in [0.05, 0.1) is 22.3 Å². The molecule has 9 nitrogen and oxygen atoms in total. The topological polar surface area (TPSA) is 169 Å². The molecule has 0 saturated carbocycles. The first-order valence-corrected chi connectivity index (χ1v) is 19.7. The second-order valence-electron chi connectivity index (χ2n) is 14.0. The number of phenols is 5. The maximum atomic E-state index is 12.7. The SMILES string of the molecule is Cc1ccc(-c2ccc(C=O)c(O)c2)cc1.O=Cc1ccc(-c2ccc(Cl)cc2)cc1O.O=Cc1ccc(-c2ccc(F)cc2)cc1O.O=Cc1ccc(-c2cccc(O)c2)cc1O. The number of carbonyl (C=O) groups excluding carboxylic acids is 4. The molecule has 0 heterocycles. The van der Waals surface area contributed by atoms with Crippen molar-refractivity contribution in [3.8, 4) is 73.3 Å². The van der Waals surface area contributed by atoms with Gasteiger partial charge in [-0.25, -0.2) is 4.39 Å². The van der Waals surface area contributed by atoms with Crippen LogP contribution in [0.15, 0.2) is 170 Å². The Morgan fingerprint density at radius 1 is 0.375 bits per heavy atom. The Bertz CT molecular complexity index is 2640. The summed E-state index contributed by atoms with van der Waals surface area (Å²) in [7, 11) is 0. The van der Waals surface area contributed by atoms with Crippen LogP contribution >= 0.6 is 11.6 Å². The zero-order chi connectivity index (χ0) is 46.2. The van der Waals surface area contributed by atoms with Crippen LogP contribution < -0.4 is 0 Å². The van der Waals surface area contributed by atoms with Gasteiger partial charge in [0, 0.05) is 5.02 Å². The van der Waals surface area contributed by atoms with E-state index < -0.39 is 0 Å². The van der Waals surface area contributed by atoms with Crippen LogP contribution in [0.1, 0.15) is 47.0 Å². The highest BCUT2D eigenvalue weighted by molar-refractivity contribution is 6.30. The molecular formula is C53H40ClFO9. The van der Waals surface area contributed by atoms with Crippen molar-refractivity contribution >= 4 is 36.7 Å². The molecule has 0 amide bonds. The maximum Gasteiger partial charge on any atom is 0.153 e. The van der Waals surface area contributed by atoms with Crippen molar-refractivity contribution in [2.45, 2.75) is 6.92 Å². The average Bonchev–Trinajstić information content (AvgIpc) is 3.30. The second kappa shape index (κ2) is 22.5. The van der Waals surface area contributed by atoms with Gasteiger partial charge in [0.15, 0.2) is 25.1 Å². The van der Waals surface area contributed by atoms with E-state index in [1.54, 1.807) is 91.0 Å². The van der Waals surface area contributed by atoms with Crippen LogP contribution in [0.3, 0.4) is 0 Å². The molecule has 320 valence electrons. The summed E-state index contributed by atoms with van der Waals surface area (Å²) in [6, 6.07) is 47.4. The molecule has 0 aliphatic heterocycles. The molecule has 0 aromatic heterocycles. The van der Waals surface area contributed by atoms with Gasteiger partial charge in [0.25, 0.3) is 0 Å². The van der Waals surface area contributed by atoms with Crippen molar-refractivity contribution in [3.63, 3.8) is 0 Å². The van der Waals surface area contributed by atoms with E-state index in [0.29, 0.717) is 35.7 Å². The number of aryl methyl sites for hydroxylation is 1. The van der Waals surface area contributed by atoms with Crippen LogP contribution in [0, 0.1) is 12.7 Å². The Balaban J connectivity index is 0.000000161. The fraction of sp³-hybridized carbons (Fsp3) is 0.0189. The number of halogens is 2.